The van der Waals surface area contributed by atoms with Crippen molar-refractivity contribution in [3.8, 4) is 5.88 Å². The molecule has 4 aliphatic rings. The third-order valence-electron chi connectivity index (χ3n) is 13.3. The topological polar surface area (TPSA) is 353 Å². The fourth-order valence-corrected chi connectivity index (χ4v) is 12.3. The summed E-state index contributed by atoms with van der Waals surface area (Å²) < 4.78 is 64.0. The molecule has 1 aromatic carbocycles. The monoisotopic (exact) mass is 1160 g/mol. The molecule has 6 N–H and O–H groups in total. The number of aromatic amines is 1. The van der Waals surface area contributed by atoms with Crippen LogP contribution in [-0.2, 0) is 62.5 Å². The van der Waals surface area contributed by atoms with E-state index in [0.717, 1.165) is 11.2 Å². The number of carbonyl (C=O) groups excluding carboxylic acids is 6. The maximum absolute atomic E-state index is 13.9. The van der Waals surface area contributed by atoms with Crippen LogP contribution in [-0.4, -0.2) is 137 Å². The largest absolute Gasteiger partial charge is 0.474 e. The number of aliphatic hydroxyl groups excluding tert-OH is 1. The van der Waals surface area contributed by atoms with Crippen LogP contribution in [0.2, 0.25) is 0 Å². The molecule has 2 bridgehead atoms. The molecule has 3 fully saturated rings. The first-order valence-corrected chi connectivity index (χ1v) is 30.4. The first-order valence-electron chi connectivity index (χ1n) is 25.0. The second-order valence-electron chi connectivity index (χ2n) is 19.2. The summed E-state index contributed by atoms with van der Waals surface area (Å²) in [5.74, 6) is -3.77. The molecular formula is C47H59N11O16P2S2. The lowest BCUT2D eigenvalue weighted by atomic mass is 10.0. The number of carbonyl (C=O) groups is 6. The molecule has 0 unspecified atom stereocenters. The van der Waals surface area contributed by atoms with E-state index < -0.39 is 92.3 Å². The molecule has 3 aromatic heterocycles. The quantitative estimate of drug-likeness (QED) is 0.0307. The van der Waals surface area contributed by atoms with Crippen LogP contribution in [0, 0.1) is 11.8 Å². The summed E-state index contributed by atoms with van der Waals surface area (Å²) in [6.07, 6.45) is 1.87. The Morgan fingerprint density at radius 2 is 1.68 bits per heavy atom. The van der Waals surface area contributed by atoms with Crippen molar-refractivity contribution in [3.63, 3.8) is 0 Å². The standard InChI is InChI=1S/C47H59N11O16P2S2/c1-25(2)37(53-33(59)11-5-4-8-17-57-35(60)12-13-36(57)61)44(65)52-26(3)42(63)49-21-28-9-6-7-10-30(28)43(64)55-47-54-41-38(45(66)56-47)51-24-58(41)46-40-39(62)32(72-46)22-70-76(68,78)73-31-20-29(71-34-14-16-48-23-50-34)19-27(31)15-18-69-75(67,77)74-40/h6-7,9-10,12-14,16,23-27,29,31-32,37,39-40,46,62H,4-5,8,11,15,17-22H2,1-3H3,(H,49,63)(H,52,65)(H,53,59)(H,67,77)(H,68,78)(H2,54,55,56,64,66)/t26-,27-,29+,31-,32-,37-,39+,40+,46+,75+,76+/m0/s1. The number of ether oxygens (including phenoxy) is 2. The van der Waals surface area contributed by atoms with Crippen LogP contribution >= 0.6 is 38.1 Å². The number of imidazole rings is 1. The number of amides is 6. The lowest BCUT2D eigenvalue weighted by molar-refractivity contribution is -0.137. The number of rotatable bonds is 18. The molecule has 0 spiro atoms. The molecule has 27 nitrogen and oxygen atoms in total. The summed E-state index contributed by atoms with van der Waals surface area (Å²) in [5, 5.41) is 22.2. The molecule has 6 amide bonds. The second kappa shape index (κ2) is 25.5. The average Bonchev–Trinajstić information content (AvgIpc) is 4.15. The fraction of sp³-hybridized carbons (Fsp3) is 0.511. The van der Waals surface area contributed by atoms with Crippen LogP contribution in [0.1, 0.15) is 87.9 Å². The summed E-state index contributed by atoms with van der Waals surface area (Å²) in [6, 6.07) is 5.81. The van der Waals surface area contributed by atoms with Crippen molar-refractivity contribution in [1.82, 2.24) is 50.3 Å². The predicted octanol–water partition coefficient (Wildman–Crippen LogP) is 3.31. The Labute approximate surface area is 456 Å². The number of unbranched alkanes of at least 4 members (excludes halogenated alkanes) is 2. The van der Waals surface area contributed by atoms with E-state index in [1.165, 1.54) is 42.2 Å². The molecule has 8 rings (SSSR count). The highest BCUT2D eigenvalue weighted by Crippen LogP contribution is 2.60. The number of anilines is 1. The van der Waals surface area contributed by atoms with Gasteiger partial charge in [0.15, 0.2) is 17.4 Å². The molecule has 0 radical (unpaired) electrons. The van der Waals surface area contributed by atoms with Crippen LogP contribution in [0.25, 0.3) is 11.2 Å². The number of imide groups is 1. The Bertz CT molecular complexity index is 3060. The van der Waals surface area contributed by atoms with Crippen molar-refractivity contribution in [2.75, 3.05) is 25.1 Å². The third-order valence-corrected chi connectivity index (χ3v) is 16.6. The van der Waals surface area contributed by atoms with E-state index in [2.05, 4.69) is 70.7 Å². The molecule has 78 heavy (non-hydrogen) atoms. The van der Waals surface area contributed by atoms with E-state index in [0.29, 0.717) is 37.1 Å². The Morgan fingerprint density at radius 1 is 0.923 bits per heavy atom. The summed E-state index contributed by atoms with van der Waals surface area (Å²) in [4.78, 5) is 110. The van der Waals surface area contributed by atoms with Crippen LogP contribution < -0.4 is 31.6 Å². The minimum atomic E-state index is -4.30. The van der Waals surface area contributed by atoms with Gasteiger partial charge in [0.1, 0.15) is 42.8 Å². The number of hydrogen-bond acceptors (Lipinski definition) is 20. The summed E-state index contributed by atoms with van der Waals surface area (Å²) in [7, 11) is 0. The smallest absolute Gasteiger partial charge is 0.386 e. The molecule has 6 heterocycles. The number of aliphatic hydroxyl groups is 1. The first kappa shape index (κ1) is 58.3. The van der Waals surface area contributed by atoms with E-state index in [9.17, 15) is 47.8 Å². The molecule has 11 atom stereocenters. The highest BCUT2D eigenvalue weighted by atomic mass is 32.7. The second-order valence-corrected chi connectivity index (χ2v) is 25.0. The minimum Gasteiger partial charge on any atom is -0.474 e. The lowest BCUT2D eigenvalue weighted by Gasteiger charge is -2.26. The molecule has 1 saturated carbocycles. The number of aromatic nitrogens is 6. The van der Waals surface area contributed by atoms with Crippen molar-refractivity contribution >= 4 is 90.6 Å². The van der Waals surface area contributed by atoms with Gasteiger partial charge in [0.2, 0.25) is 29.5 Å². The van der Waals surface area contributed by atoms with Crippen LogP contribution in [0.3, 0.4) is 0 Å². The van der Waals surface area contributed by atoms with Crippen LogP contribution in [0.5, 0.6) is 5.88 Å². The first-order chi connectivity index (χ1) is 37.1. The molecule has 420 valence electrons. The van der Waals surface area contributed by atoms with Crippen molar-refractivity contribution in [2.24, 2.45) is 11.8 Å². The number of fused-ring (bicyclic) bond motifs is 4. The Morgan fingerprint density at radius 3 is 2.42 bits per heavy atom. The lowest BCUT2D eigenvalue weighted by Crippen LogP contribution is -2.54. The van der Waals surface area contributed by atoms with Crippen molar-refractivity contribution < 1.29 is 70.6 Å². The Hall–Kier alpha value is -5.87. The Kier molecular flexibility index (Phi) is 19.1. The summed E-state index contributed by atoms with van der Waals surface area (Å²) in [6.45, 7) is -4.19. The molecule has 2 saturated heterocycles. The van der Waals surface area contributed by atoms with Gasteiger partial charge in [0.25, 0.3) is 23.3 Å². The SMILES string of the molecule is CC(C)[C@H](NC(=O)CCCCCN1C(=O)C=CC1=O)C(=O)N[C@@H](C)C(=O)NCc1ccccc1C(=O)Nc1nc2c(ncn2[C@@H]2O[C@H]3CO[P@@](=O)(S)O[C@H]4C[C@H](Oc5ccncn5)C[C@@H]4CCO[P@@](=O)(S)O[C@@H]2[C@@H]3O)c(=O)[nH]1. The maximum atomic E-state index is 13.9. The number of nitrogens with zero attached hydrogens (tertiary/aromatic N) is 6. The number of nitrogens with one attached hydrogen (secondary N) is 5. The Balaban J connectivity index is 0.883. The van der Waals surface area contributed by atoms with Crippen molar-refractivity contribution in [2.45, 2.75) is 121 Å². The van der Waals surface area contributed by atoms with Gasteiger partial charge < -0.3 is 35.1 Å². The zero-order valence-corrected chi connectivity index (χ0v) is 45.9. The van der Waals surface area contributed by atoms with Gasteiger partial charge in [0, 0.05) is 55.9 Å². The van der Waals surface area contributed by atoms with Gasteiger partial charge in [-0.15, -0.1) is 0 Å². The minimum absolute atomic E-state index is 0.0693. The normalized spacial score (nSPS) is 27.2. The van der Waals surface area contributed by atoms with E-state index >= 15 is 0 Å². The van der Waals surface area contributed by atoms with Gasteiger partial charge >= 0.3 is 13.6 Å². The molecule has 3 aliphatic heterocycles. The molecule has 4 aromatic rings. The van der Waals surface area contributed by atoms with E-state index in [4.69, 9.17) is 27.6 Å². The molecule has 1 aliphatic carbocycles. The molecule has 31 heteroatoms. The number of thiol groups is 2. The van der Waals surface area contributed by atoms with Gasteiger partial charge in [-0.3, -0.25) is 66.9 Å². The summed E-state index contributed by atoms with van der Waals surface area (Å²) in [5.41, 5.74) is -0.803. The van der Waals surface area contributed by atoms with Crippen LogP contribution in [0.15, 0.2) is 66.1 Å². The fourth-order valence-electron chi connectivity index (χ4n) is 9.26. The van der Waals surface area contributed by atoms with Gasteiger partial charge in [-0.05, 0) is 56.1 Å². The number of hydrogen-bond donors (Lipinski definition) is 8. The number of benzene rings is 1. The van der Waals surface area contributed by atoms with Crippen LogP contribution in [0.4, 0.5) is 5.95 Å². The summed E-state index contributed by atoms with van der Waals surface area (Å²) >= 11 is 8.43. The highest BCUT2D eigenvalue weighted by molar-refractivity contribution is 8.44. The number of H-pyrrole nitrogens is 1. The third kappa shape index (κ3) is 14.7. The van der Waals surface area contributed by atoms with Gasteiger partial charge in [-0.25, -0.2) is 24.1 Å². The van der Waals surface area contributed by atoms with Crippen molar-refractivity contribution in [1.29, 1.82) is 0 Å². The highest BCUT2D eigenvalue weighted by Gasteiger charge is 2.51. The van der Waals surface area contributed by atoms with Gasteiger partial charge in [-0.1, -0.05) is 63.0 Å². The van der Waals surface area contributed by atoms with E-state index in [1.54, 1.807) is 38.1 Å². The van der Waals surface area contributed by atoms with E-state index in [1.807, 2.05) is 0 Å². The van der Waals surface area contributed by atoms with Gasteiger partial charge in [0.05, 0.1) is 25.6 Å². The average molecular weight is 1160 g/mol. The van der Waals surface area contributed by atoms with Gasteiger partial charge in [-0.2, -0.15) is 4.98 Å². The zero-order chi connectivity index (χ0) is 55.9. The molecular weight excluding hydrogens is 1100 g/mol. The predicted molar refractivity (Wildman–Crippen MR) is 282 cm³/mol. The maximum Gasteiger partial charge on any atom is 0.386 e. The van der Waals surface area contributed by atoms with Crippen molar-refractivity contribution in [3.05, 3.63) is 82.8 Å². The van der Waals surface area contributed by atoms with E-state index in [-0.39, 0.29) is 91.2 Å². The zero-order valence-electron chi connectivity index (χ0n) is 42.4.